The van der Waals surface area contributed by atoms with Crippen molar-refractivity contribution in [3.63, 3.8) is 0 Å². The first kappa shape index (κ1) is 16.6. The molecular formula is C21H21NOS2. The number of hydrogen-bond donors (Lipinski definition) is 1. The van der Waals surface area contributed by atoms with Gasteiger partial charge in [0.05, 0.1) is 12.5 Å². The minimum Gasteiger partial charge on any atom is -0.344 e. The zero-order valence-corrected chi connectivity index (χ0v) is 15.7. The molecule has 1 aliphatic rings. The van der Waals surface area contributed by atoms with Gasteiger partial charge in [-0.25, -0.2) is 0 Å². The third-order valence-electron chi connectivity index (χ3n) is 4.75. The van der Waals surface area contributed by atoms with E-state index in [-0.39, 0.29) is 11.9 Å². The van der Waals surface area contributed by atoms with E-state index >= 15 is 0 Å². The standard InChI is InChI=1S/C21H21NOS2/c23-20(14-18-7-3-11-24-18)22-21(19-8-4-12-25-19)17-10-9-15-5-1-2-6-16(15)13-17/h3-4,7-13,21H,1-2,5-6,14H2,(H,22,23). The van der Waals surface area contributed by atoms with Gasteiger partial charge in [-0.15, -0.1) is 22.7 Å². The summed E-state index contributed by atoms with van der Waals surface area (Å²) in [5, 5.41) is 7.35. The zero-order valence-electron chi connectivity index (χ0n) is 14.0. The number of thiophene rings is 2. The lowest BCUT2D eigenvalue weighted by molar-refractivity contribution is -0.120. The van der Waals surface area contributed by atoms with Gasteiger partial charge in [0.1, 0.15) is 0 Å². The highest BCUT2D eigenvalue weighted by Crippen LogP contribution is 2.30. The predicted molar refractivity (Wildman–Crippen MR) is 105 cm³/mol. The van der Waals surface area contributed by atoms with E-state index in [1.54, 1.807) is 22.7 Å². The Morgan fingerprint density at radius 2 is 1.80 bits per heavy atom. The number of nitrogens with one attached hydrogen (secondary N) is 1. The lowest BCUT2D eigenvalue weighted by Gasteiger charge is -2.22. The van der Waals surface area contributed by atoms with E-state index in [9.17, 15) is 4.79 Å². The van der Waals surface area contributed by atoms with Crippen molar-refractivity contribution in [2.24, 2.45) is 0 Å². The first-order valence-electron chi connectivity index (χ1n) is 8.76. The highest BCUT2D eigenvalue weighted by Gasteiger charge is 2.20. The van der Waals surface area contributed by atoms with Crippen molar-refractivity contribution in [1.29, 1.82) is 0 Å². The molecule has 2 nitrogen and oxygen atoms in total. The largest absolute Gasteiger partial charge is 0.344 e. The van der Waals surface area contributed by atoms with E-state index < -0.39 is 0 Å². The average molecular weight is 368 g/mol. The van der Waals surface area contributed by atoms with Crippen LogP contribution in [0.25, 0.3) is 0 Å². The molecule has 1 aliphatic carbocycles. The molecule has 0 spiro atoms. The summed E-state index contributed by atoms with van der Waals surface area (Å²) in [6.45, 7) is 0. The summed E-state index contributed by atoms with van der Waals surface area (Å²) in [4.78, 5) is 14.9. The molecule has 2 heterocycles. The van der Waals surface area contributed by atoms with Gasteiger partial charge < -0.3 is 5.32 Å². The highest BCUT2D eigenvalue weighted by atomic mass is 32.1. The third kappa shape index (κ3) is 3.86. The Kier molecular flexibility index (Phi) is 4.99. The van der Waals surface area contributed by atoms with Crippen LogP contribution in [-0.4, -0.2) is 5.91 Å². The minimum atomic E-state index is -0.0558. The smallest absolute Gasteiger partial charge is 0.226 e. The second kappa shape index (κ2) is 7.54. The summed E-state index contributed by atoms with van der Waals surface area (Å²) in [5.41, 5.74) is 4.13. The van der Waals surface area contributed by atoms with E-state index in [1.807, 2.05) is 17.5 Å². The van der Waals surface area contributed by atoms with Crippen molar-refractivity contribution in [3.05, 3.63) is 79.7 Å². The van der Waals surface area contributed by atoms with E-state index in [4.69, 9.17) is 0 Å². The molecule has 1 unspecified atom stereocenters. The van der Waals surface area contributed by atoms with Gasteiger partial charge in [-0.05, 0) is 65.3 Å². The van der Waals surface area contributed by atoms with Gasteiger partial charge in [0.25, 0.3) is 0 Å². The van der Waals surface area contributed by atoms with Crippen LogP contribution in [-0.2, 0) is 24.1 Å². The Bertz CT molecular complexity index is 837. The van der Waals surface area contributed by atoms with Crippen LogP contribution in [0.1, 0.15) is 45.3 Å². The maximum Gasteiger partial charge on any atom is 0.226 e. The van der Waals surface area contributed by atoms with Crippen LogP contribution in [0.4, 0.5) is 0 Å². The predicted octanol–water partition coefficient (Wildman–Crippen LogP) is 5.14. The molecule has 3 aromatic rings. The molecule has 1 aromatic carbocycles. The van der Waals surface area contributed by atoms with Crippen molar-refractivity contribution < 1.29 is 4.79 Å². The number of rotatable bonds is 5. The van der Waals surface area contributed by atoms with Crippen LogP contribution in [0.15, 0.2) is 53.2 Å². The van der Waals surface area contributed by atoms with Gasteiger partial charge in [0.2, 0.25) is 5.91 Å². The Labute approximate surface area is 156 Å². The summed E-state index contributed by atoms with van der Waals surface area (Å²) in [6.07, 6.45) is 5.35. The van der Waals surface area contributed by atoms with Gasteiger partial charge >= 0.3 is 0 Å². The van der Waals surface area contributed by atoms with Crippen LogP contribution in [0.3, 0.4) is 0 Å². The maximum atomic E-state index is 12.6. The molecule has 4 heteroatoms. The Hall–Kier alpha value is -1.91. The quantitative estimate of drug-likeness (QED) is 0.665. The molecule has 128 valence electrons. The third-order valence-corrected chi connectivity index (χ3v) is 6.57. The highest BCUT2D eigenvalue weighted by molar-refractivity contribution is 7.10. The molecule has 25 heavy (non-hydrogen) atoms. The lowest BCUT2D eigenvalue weighted by atomic mass is 9.89. The number of amides is 1. The Morgan fingerprint density at radius 3 is 2.56 bits per heavy atom. The van der Waals surface area contributed by atoms with Crippen molar-refractivity contribution in [2.75, 3.05) is 0 Å². The van der Waals surface area contributed by atoms with Crippen LogP contribution >= 0.6 is 22.7 Å². The molecule has 1 N–H and O–H groups in total. The topological polar surface area (TPSA) is 29.1 Å². The van der Waals surface area contributed by atoms with Crippen molar-refractivity contribution in [3.8, 4) is 0 Å². The number of carbonyl (C=O) groups is 1. The molecule has 0 saturated carbocycles. The van der Waals surface area contributed by atoms with Crippen LogP contribution in [0.2, 0.25) is 0 Å². The molecule has 0 fully saturated rings. The van der Waals surface area contributed by atoms with Gasteiger partial charge in [-0.1, -0.05) is 30.3 Å². The van der Waals surface area contributed by atoms with Crippen LogP contribution < -0.4 is 5.32 Å². The first-order chi connectivity index (χ1) is 12.3. The van der Waals surface area contributed by atoms with Crippen molar-refractivity contribution in [1.82, 2.24) is 5.32 Å². The van der Waals surface area contributed by atoms with Crippen molar-refractivity contribution in [2.45, 2.75) is 38.1 Å². The Balaban J connectivity index is 1.59. The second-order valence-electron chi connectivity index (χ2n) is 6.51. The molecule has 2 aromatic heterocycles. The van der Waals surface area contributed by atoms with Gasteiger partial charge in [-0.3, -0.25) is 4.79 Å². The lowest BCUT2D eigenvalue weighted by Crippen LogP contribution is -2.30. The summed E-state index contributed by atoms with van der Waals surface area (Å²) in [7, 11) is 0. The molecule has 0 radical (unpaired) electrons. The van der Waals surface area contributed by atoms with Crippen LogP contribution in [0, 0.1) is 0 Å². The van der Waals surface area contributed by atoms with E-state index in [0.29, 0.717) is 6.42 Å². The van der Waals surface area contributed by atoms with Gasteiger partial charge in [0, 0.05) is 9.75 Å². The molecule has 1 atom stereocenters. The van der Waals surface area contributed by atoms with Crippen molar-refractivity contribution >= 4 is 28.6 Å². The van der Waals surface area contributed by atoms with E-state index in [0.717, 1.165) is 11.3 Å². The number of benzene rings is 1. The average Bonchev–Trinajstić information content (AvgIpc) is 3.33. The maximum absolute atomic E-state index is 12.6. The summed E-state index contributed by atoms with van der Waals surface area (Å²) in [5.74, 6) is 0.0820. The fourth-order valence-electron chi connectivity index (χ4n) is 3.49. The number of fused-ring (bicyclic) bond motifs is 1. The fourth-order valence-corrected chi connectivity index (χ4v) is 5.00. The number of carbonyl (C=O) groups excluding carboxylic acids is 1. The molecule has 0 aliphatic heterocycles. The minimum absolute atomic E-state index is 0.0558. The summed E-state index contributed by atoms with van der Waals surface area (Å²) >= 11 is 3.33. The normalized spacial score (nSPS) is 14.7. The summed E-state index contributed by atoms with van der Waals surface area (Å²) in [6, 6.07) is 14.9. The number of aryl methyl sites for hydroxylation is 2. The Morgan fingerprint density at radius 1 is 1.00 bits per heavy atom. The molecule has 0 saturated heterocycles. The fraction of sp³-hybridized carbons (Fsp3) is 0.286. The molecule has 0 bridgehead atoms. The van der Waals surface area contributed by atoms with E-state index in [1.165, 1.54) is 40.8 Å². The molecular weight excluding hydrogens is 346 g/mol. The molecule has 4 rings (SSSR count). The van der Waals surface area contributed by atoms with E-state index in [2.05, 4.69) is 41.0 Å². The zero-order chi connectivity index (χ0) is 17.1. The monoisotopic (exact) mass is 367 g/mol. The molecule has 1 amide bonds. The van der Waals surface area contributed by atoms with Gasteiger partial charge in [0.15, 0.2) is 0 Å². The number of hydrogen-bond acceptors (Lipinski definition) is 3. The van der Waals surface area contributed by atoms with Gasteiger partial charge in [-0.2, -0.15) is 0 Å². The SMILES string of the molecule is O=C(Cc1cccs1)NC(c1ccc2c(c1)CCCC2)c1cccs1. The van der Waals surface area contributed by atoms with Crippen LogP contribution in [0.5, 0.6) is 0 Å². The first-order valence-corrected chi connectivity index (χ1v) is 10.5. The second-order valence-corrected chi connectivity index (χ2v) is 8.52. The summed E-state index contributed by atoms with van der Waals surface area (Å²) < 4.78 is 0.